The summed E-state index contributed by atoms with van der Waals surface area (Å²) in [5.41, 5.74) is 1.96. The van der Waals surface area contributed by atoms with E-state index in [1.807, 2.05) is 37.3 Å². The molecule has 136 valence electrons. The Kier molecular flexibility index (Phi) is 5.25. The molecular weight excluding hydrogens is 348 g/mol. The molecule has 1 fully saturated rings. The number of carbonyl (C=O) groups excluding carboxylic acids is 1. The second-order valence-electron chi connectivity index (χ2n) is 6.37. The molecule has 2 aromatic carbocycles. The maximum atomic E-state index is 13.1. The van der Waals surface area contributed by atoms with Crippen molar-refractivity contribution >= 4 is 15.9 Å². The standard InChI is InChI=1S/C20H22N2O3S/c1-3-13-22(26(24,25)18-11-9-16(2)10-12-18)19-14-20(23)21(19)15-17-7-5-4-6-8-17/h3-12,19H,1,13-15H2,2H3. The highest BCUT2D eigenvalue weighted by Gasteiger charge is 2.44. The van der Waals surface area contributed by atoms with Gasteiger partial charge in [0.25, 0.3) is 0 Å². The highest BCUT2D eigenvalue weighted by atomic mass is 32.2. The Labute approximate surface area is 154 Å². The number of sulfonamides is 1. The number of rotatable bonds is 7. The van der Waals surface area contributed by atoms with E-state index in [9.17, 15) is 13.2 Å². The SMILES string of the molecule is C=CCN(C1CC(=O)N1Cc1ccccc1)S(=O)(=O)c1ccc(C)cc1. The molecule has 0 spiro atoms. The van der Waals surface area contributed by atoms with E-state index in [0.717, 1.165) is 11.1 Å². The molecule has 5 nitrogen and oxygen atoms in total. The van der Waals surface area contributed by atoms with Crippen LogP contribution in [0.5, 0.6) is 0 Å². The lowest BCUT2D eigenvalue weighted by atomic mass is 10.1. The molecule has 0 aromatic heterocycles. The lowest BCUT2D eigenvalue weighted by Crippen LogP contribution is -2.61. The van der Waals surface area contributed by atoms with Gasteiger partial charge in [-0.25, -0.2) is 8.42 Å². The maximum Gasteiger partial charge on any atom is 0.245 e. The first-order valence-electron chi connectivity index (χ1n) is 8.46. The van der Waals surface area contributed by atoms with Crippen LogP contribution in [0.25, 0.3) is 0 Å². The lowest BCUT2D eigenvalue weighted by Gasteiger charge is -2.45. The summed E-state index contributed by atoms with van der Waals surface area (Å²) in [7, 11) is -3.72. The first kappa shape index (κ1) is 18.4. The zero-order valence-corrected chi connectivity index (χ0v) is 15.5. The van der Waals surface area contributed by atoms with E-state index >= 15 is 0 Å². The van der Waals surface area contributed by atoms with Crippen LogP contribution in [0.1, 0.15) is 17.5 Å². The van der Waals surface area contributed by atoms with Crippen LogP contribution < -0.4 is 0 Å². The summed E-state index contributed by atoms with van der Waals surface area (Å²) in [4.78, 5) is 14.0. The van der Waals surface area contributed by atoms with Crippen LogP contribution >= 0.6 is 0 Å². The summed E-state index contributed by atoms with van der Waals surface area (Å²) in [6.45, 7) is 6.13. The number of benzene rings is 2. The van der Waals surface area contributed by atoms with Gasteiger partial charge in [0, 0.05) is 13.1 Å². The van der Waals surface area contributed by atoms with Gasteiger partial charge < -0.3 is 4.90 Å². The largest absolute Gasteiger partial charge is 0.321 e. The van der Waals surface area contributed by atoms with Crippen LogP contribution in [-0.4, -0.2) is 36.2 Å². The van der Waals surface area contributed by atoms with Gasteiger partial charge in [0.1, 0.15) is 6.17 Å². The van der Waals surface area contributed by atoms with Crippen molar-refractivity contribution in [2.24, 2.45) is 0 Å². The topological polar surface area (TPSA) is 57.7 Å². The van der Waals surface area contributed by atoms with Gasteiger partial charge in [-0.05, 0) is 24.6 Å². The molecule has 1 saturated heterocycles. The van der Waals surface area contributed by atoms with E-state index < -0.39 is 16.2 Å². The summed E-state index contributed by atoms with van der Waals surface area (Å²) >= 11 is 0. The minimum absolute atomic E-state index is 0.0491. The third-order valence-corrected chi connectivity index (χ3v) is 6.38. The lowest BCUT2D eigenvalue weighted by molar-refractivity contribution is -0.152. The Balaban J connectivity index is 1.88. The number of amides is 1. The fourth-order valence-corrected chi connectivity index (χ4v) is 4.58. The highest BCUT2D eigenvalue weighted by molar-refractivity contribution is 7.89. The maximum absolute atomic E-state index is 13.1. The molecule has 0 radical (unpaired) electrons. The molecule has 0 aliphatic carbocycles. The smallest absolute Gasteiger partial charge is 0.245 e. The first-order valence-corrected chi connectivity index (χ1v) is 9.90. The van der Waals surface area contributed by atoms with Gasteiger partial charge >= 0.3 is 0 Å². The quantitative estimate of drug-likeness (QED) is 0.556. The van der Waals surface area contributed by atoms with E-state index in [-0.39, 0.29) is 23.8 Å². The Morgan fingerprint density at radius 3 is 2.38 bits per heavy atom. The number of carbonyl (C=O) groups is 1. The van der Waals surface area contributed by atoms with Crippen LogP contribution in [0.15, 0.2) is 72.1 Å². The monoisotopic (exact) mass is 370 g/mol. The van der Waals surface area contributed by atoms with Crippen LogP contribution in [0.4, 0.5) is 0 Å². The van der Waals surface area contributed by atoms with Crippen LogP contribution in [0.3, 0.4) is 0 Å². The fraction of sp³-hybridized carbons (Fsp3) is 0.250. The number of hydrogen-bond donors (Lipinski definition) is 0. The van der Waals surface area contributed by atoms with Crippen LogP contribution in [-0.2, 0) is 21.4 Å². The van der Waals surface area contributed by atoms with E-state index in [4.69, 9.17) is 0 Å². The average Bonchev–Trinajstić information content (AvgIpc) is 2.64. The van der Waals surface area contributed by atoms with Crippen LogP contribution in [0.2, 0.25) is 0 Å². The zero-order valence-electron chi connectivity index (χ0n) is 14.7. The first-order chi connectivity index (χ1) is 12.4. The predicted molar refractivity (Wildman–Crippen MR) is 101 cm³/mol. The van der Waals surface area contributed by atoms with Crippen molar-refractivity contribution in [3.8, 4) is 0 Å². The van der Waals surface area contributed by atoms with Gasteiger partial charge in [0.05, 0.1) is 11.3 Å². The Hall–Kier alpha value is -2.44. The van der Waals surface area contributed by atoms with Crippen molar-refractivity contribution in [2.45, 2.75) is 31.0 Å². The highest BCUT2D eigenvalue weighted by Crippen LogP contribution is 2.30. The second kappa shape index (κ2) is 7.43. The molecule has 3 rings (SSSR count). The predicted octanol–water partition coefficient (Wildman–Crippen LogP) is 2.93. The molecule has 1 atom stereocenters. The normalized spacial score (nSPS) is 17.2. The fourth-order valence-electron chi connectivity index (χ4n) is 3.02. The number of hydrogen-bond acceptors (Lipinski definition) is 3. The van der Waals surface area contributed by atoms with Gasteiger partial charge in [-0.2, -0.15) is 4.31 Å². The molecule has 1 heterocycles. The minimum atomic E-state index is -3.72. The van der Waals surface area contributed by atoms with Gasteiger partial charge in [0.15, 0.2) is 0 Å². The molecule has 1 amide bonds. The summed E-state index contributed by atoms with van der Waals surface area (Å²) in [6.07, 6.45) is 1.24. The number of β-lactam (4-membered cyclic amide) rings is 1. The third kappa shape index (κ3) is 3.57. The number of likely N-dealkylation sites (tertiary alicyclic amines) is 1. The van der Waals surface area contributed by atoms with Crippen molar-refractivity contribution in [2.75, 3.05) is 6.54 Å². The van der Waals surface area contributed by atoms with E-state index in [0.29, 0.717) is 6.54 Å². The van der Waals surface area contributed by atoms with Gasteiger partial charge in [-0.1, -0.05) is 54.1 Å². The number of aryl methyl sites for hydroxylation is 1. The molecule has 1 aliphatic heterocycles. The second-order valence-corrected chi connectivity index (χ2v) is 8.26. The molecule has 0 N–H and O–H groups in total. The molecule has 2 aromatic rings. The summed E-state index contributed by atoms with van der Waals surface area (Å²) in [5, 5.41) is 0. The summed E-state index contributed by atoms with van der Waals surface area (Å²) in [5.74, 6) is -0.0491. The molecule has 0 saturated carbocycles. The Morgan fingerprint density at radius 2 is 1.81 bits per heavy atom. The molecule has 0 bridgehead atoms. The summed E-state index contributed by atoms with van der Waals surface area (Å²) < 4.78 is 27.6. The van der Waals surface area contributed by atoms with Crippen molar-refractivity contribution < 1.29 is 13.2 Å². The number of nitrogens with zero attached hydrogens (tertiary/aromatic N) is 2. The van der Waals surface area contributed by atoms with Crippen molar-refractivity contribution in [1.29, 1.82) is 0 Å². The third-order valence-electron chi connectivity index (χ3n) is 4.50. The Bertz CT molecular complexity index is 892. The minimum Gasteiger partial charge on any atom is -0.321 e. The zero-order chi connectivity index (χ0) is 18.7. The van der Waals surface area contributed by atoms with Crippen LogP contribution in [0, 0.1) is 6.92 Å². The average molecular weight is 370 g/mol. The van der Waals surface area contributed by atoms with Crippen molar-refractivity contribution in [3.63, 3.8) is 0 Å². The molecular formula is C20H22N2O3S. The molecule has 1 unspecified atom stereocenters. The van der Waals surface area contributed by atoms with Crippen molar-refractivity contribution in [1.82, 2.24) is 9.21 Å². The van der Waals surface area contributed by atoms with E-state index in [1.54, 1.807) is 35.2 Å². The molecule has 26 heavy (non-hydrogen) atoms. The molecule has 6 heteroatoms. The van der Waals surface area contributed by atoms with E-state index in [2.05, 4.69) is 6.58 Å². The van der Waals surface area contributed by atoms with Crippen molar-refractivity contribution in [3.05, 3.63) is 78.4 Å². The Morgan fingerprint density at radius 1 is 1.15 bits per heavy atom. The van der Waals surface area contributed by atoms with E-state index in [1.165, 1.54) is 4.31 Å². The summed E-state index contributed by atoms with van der Waals surface area (Å²) in [6, 6.07) is 16.3. The molecule has 1 aliphatic rings. The van der Waals surface area contributed by atoms with Gasteiger partial charge in [0.2, 0.25) is 15.9 Å². The van der Waals surface area contributed by atoms with Gasteiger partial charge in [-0.3, -0.25) is 4.79 Å². The van der Waals surface area contributed by atoms with Gasteiger partial charge in [-0.15, -0.1) is 6.58 Å².